The van der Waals surface area contributed by atoms with Gasteiger partial charge in [0.25, 0.3) is 0 Å². The molecule has 0 aliphatic carbocycles. The number of hydrogen-bond donors (Lipinski definition) is 1. The quantitative estimate of drug-likeness (QED) is 0.775. The van der Waals surface area contributed by atoms with Gasteiger partial charge in [-0.3, -0.25) is 4.90 Å². The summed E-state index contributed by atoms with van der Waals surface area (Å²) in [7, 11) is 0. The number of likely N-dealkylation sites (tertiary alicyclic amines) is 1. The van der Waals surface area contributed by atoms with Crippen molar-refractivity contribution in [2.75, 3.05) is 25.0 Å². The zero-order valence-corrected chi connectivity index (χ0v) is 17.9. The minimum absolute atomic E-state index is 0.125. The van der Waals surface area contributed by atoms with Gasteiger partial charge in [-0.15, -0.1) is 0 Å². The lowest BCUT2D eigenvalue weighted by Gasteiger charge is -2.57. The molecule has 4 atom stereocenters. The van der Waals surface area contributed by atoms with Crippen molar-refractivity contribution in [1.82, 2.24) is 9.80 Å². The van der Waals surface area contributed by atoms with Crippen molar-refractivity contribution in [3.05, 3.63) is 29.3 Å². The molecule has 4 rings (SSSR count). The van der Waals surface area contributed by atoms with Crippen LogP contribution in [0.3, 0.4) is 0 Å². The Labute approximate surface area is 170 Å². The Kier molecular flexibility index (Phi) is 5.96. The van der Waals surface area contributed by atoms with Gasteiger partial charge < -0.3 is 10.2 Å². The smallest absolute Gasteiger partial charge is 0.321 e. The molecule has 3 saturated heterocycles. The maximum absolute atomic E-state index is 13.5. The standard InChI is InChI=1S/C24H37N3O/c1-4-5-13-21-20-12-8-15-26-14-7-11-19(23(20)26)16-27(21)24(28)25-22-17(2)9-6-10-18(22)3/h6,9-10,19-21,23H,4-5,7-8,11-16H2,1-3H3,(H,25,28)/t19-,20+,21+,23-/m0/s1. The zero-order valence-electron chi connectivity index (χ0n) is 17.9. The Morgan fingerprint density at radius 2 is 1.86 bits per heavy atom. The van der Waals surface area contributed by atoms with E-state index in [0.29, 0.717) is 23.9 Å². The maximum Gasteiger partial charge on any atom is 0.322 e. The molecule has 0 spiro atoms. The average Bonchev–Trinajstić information content (AvgIpc) is 2.70. The second kappa shape index (κ2) is 8.44. The fourth-order valence-corrected chi connectivity index (χ4v) is 6.20. The molecule has 0 saturated carbocycles. The third-order valence-electron chi connectivity index (χ3n) is 7.50. The summed E-state index contributed by atoms with van der Waals surface area (Å²) in [6.45, 7) is 9.91. The molecule has 0 aromatic heterocycles. The van der Waals surface area contributed by atoms with E-state index in [9.17, 15) is 4.79 Å². The van der Waals surface area contributed by atoms with Crippen LogP contribution in [0.4, 0.5) is 10.5 Å². The molecule has 1 aromatic carbocycles. The first kappa shape index (κ1) is 19.8. The fraction of sp³-hybridized carbons (Fsp3) is 0.708. The molecule has 0 radical (unpaired) electrons. The molecule has 0 bridgehead atoms. The fourth-order valence-electron chi connectivity index (χ4n) is 6.20. The first-order valence-electron chi connectivity index (χ1n) is 11.5. The van der Waals surface area contributed by atoms with Crippen LogP contribution in [0.2, 0.25) is 0 Å². The normalized spacial score (nSPS) is 30.0. The number of para-hydroxylation sites is 1. The number of benzene rings is 1. The van der Waals surface area contributed by atoms with Crippen LogP contribution >= 0.6 is 0 Å². The minimum atomic E-state index is 0.125. The predicted molar refractivity (Wildman–Crippen MR) is 116 cm³/mol. The first-order valence-corrected chi connectivity index (χ1v) is 11.5. The topological polar surface area (TPSA) is 35.6 Å². The Morgan fingerprint density at radius 1 is 1.14 bits per heavy atom. The van der Waals surface area contributed by atoms with Gasteiger partial charge in [0.2, 0.25) is 0 Å². The molecule has 154 valence electrons. The van der Waals surface area contributed by atoms with E-state index in [4.69, 9.17) is 0 Å². The number of unbranched alkanes of at least 4 members (excludes halogenated alkanes) is 1. The number of anilines is 1. The molecular formula is C24H37N3O. The van der Waals surface area contributed by atoms with Crippen LogP contribution in [0.25, 0.3) is 0 Å². The van der Waals surface area contributed by atoms with E-state index in [2.05, 4.69) is 54.1 Å². The van der Waals surface area contributed by atoms with Crippen molar-refractivity contribution < 1.29 is 4.79 Å². The number of nitrogens with one attached hydrogen (secondary N) is 1. The van der Waals surface area contributed by atoms with Gasteiger partial charge in [0.15, 0.2) is 0 Å². The molecule has 1 N–H and O–H groups in total. The van der Waals surface area contributed by atoms with E-state index in [-0.39, 0.29) is 6.03 Å². The van der Waals surface area contributed by atoms with Crippen LogP contribution in [0.5, 0.6) is 0 Å². The van der Waals surface area contributed by atoms with Gasteiger partial charge in [0, 0.05) is 24.3 Å². The number of rotatable bonds is 4. The van der Waals surface area contributed by atoms with Crippen LogP contribution in [0.1, 0.15) is 63.0 Å². The molecule has 0 unspecified atom stereocenters. The highest BCUT2D eigenvalue weighted by molar-refractivity contribution is 5.91. The van der Waals surface area contributed by atoms with Crippen LogP contribution < -0.4 is 5.32 Å². The van der Waals surface area contributed by atoms with Crippen molar-refractivity contribution in [1.29, 1.82) is 0 Å². The molecule has 4 heteroatoms. The molecule has 2 amide bonds. The molecular weight excluding hydrogens is 346 g/mol. The Balaban J connectivity index is 1.59. The highest BCUT2D eigenvalue weighted by Gasteiger charge is 2.49. The summed E-state index contributed by atoms with van der Waals surface area (Å²) in [5, 5.41) is 3.30. The molecule has 3 aliphatic heterocycles. The summed E-state index contributed by atoms with van der Waals surface area (Å²) < 4.78 is 0. The highest BCUT2D eigenvalue weighted by atomic mass is 16.2. The lowest BCUT2D eigenvalue weighted by Crippen LogP contribution is -2.66. The SMILES string of the molecule is CCCC[C@@H]1[C@H]2CCCN3CCC[C@@H](CN1C(=O)Nc1c(C)cccc1C)[C@@H]23. The third kappa shape index (κ3) is 3.68. The number of nitrogens with zero attached hydrogens (tertiary/aromatic N) is 2. The number of piperidine rings is 3. The average molecular weight is 384 g/mol. The number of carbonyl (C=O) groups excluding carboxylic acids is 1. The summed E-state index contributed by atoms with van der Waals surface area (Å²) >= 11 is 0. The van der Waals surface area contributed by atoms with Crippen LogP contribution in [0.15, 0.2) is 18.2 Å². The van der Waals surface area contributed by atoms with Crippen molar-refractivity contribution >= 4 is 11.7 Å². The van der Waals surface area contributed by atoms with Crippen molar-refractivity contribution in [2.45, 2.75) is 77.8 Å². The van der Waals surface area contributed by atoms with Crippen molar-refractivity contribution in [2.24, 2.45) is 11.8 Å². The highest BCUT2D eigenvalue weighted by Crippen LogP contribution is 2.43. The van der Waals surface area contributed by atoms with Crippen LogP contribution in [-0.2, 0) is 0 Å². The monoisotopic (exact) mass is 383 g/mol. The van der Waals surface area contributed by atoms with E-state index in [1.165, 1.54) is 51.6 Å². The molecule has 3 fully saturated rings. The summed E-state index contributed by atoms with van der Waals surface area (Å²) in [5.41, 5.74) is 3.29. The molecule has 4 nitrogen and oxygen atoms in total. The number of carbonyl (C=O) groups is 1. The molecule has 3 aliphatic rings. The lowest BCUT2D eigenvalue weighted by molar-refractivity contribution is -0.0617. The van der Waals surface area contributed by atoms with Gasteiger partial charge in [-0.2, -0.15) is 0 Å². The van der Waals surface area contributed by atoms with Gasteiger partial charge in [0.05, 0.1) is 0 Å². The Morgan fingerprint density at radius 3 is 2.57 bits per heavy atom. The largest absolute Gasteiger partial charge is 0.322 e. The predicted octanol–water partition coefficient (Wildman–Crippen LogP) is 5.20. The van der Waals surface area contributed by atoms with Crippen molar-refractivity contribution in [3.63, 3.8) is 0 Å². The van der Waals surface area contributed by atoms with Gasteiger partial charge in [0.1, 0.15) is 0 Å². The van der Waals surface area contributed by atoms with E-state index < -0.39 is 0 Å². The van der Waals surface area contributed by atoms with Crippen LogP contribution in [-0.4, -0.2) is 47.5 Å². The van der Waals surface area contributed by atoms with Gasteiger partial charge in [-0.1, -0.05) is 38.0 Å². The van der Waals surface area contributed by atoms with Gasteiger partial charge in [-0.05, 0) is 82.0 Å². The van der Waals surface area contributed by atoms with E-state index in [1.807, 2.05) is 0 Å². The Hall–Kier alpha value is -1.55. The number of urea groups is 1. The number of aryl methyl sites for hydroxylation is 2. The number of hydrogen-bond acceptors (Lipinski definition) is 2. The lowest BCUT2D eigenvalue weighted by atomic mass is 9.69. The molecule has 3 heterocycles. The summed E-state index contributed by atoms with van der Waals surface area (Å²) in [6.07, 6.45) is 8.73. The zero-order chi connectivity index (χ0) is 19.7. The third-order valence-corrected chi connectivity index (χ3v) is 7.50. The number of amides is 2. The van der Waals surface area contributed by atoms with Gasteiger partial charge >= 0.3 is 6.03 Å². The molecule has 1 aromatic rings. The van der Waals surface area contributed by atoms with E-state index in [0.717, 1.165) is 29.8 Å². The summed E-state index contributed by atoms with van der Waals surface area (Å²) in [4.78, 5) is 18.5. The van der Waals surface area contributed by atoms with E-state index in [1.54, 1.807) is 0 Å². The van der Waals surface area contributed by atoms with Gasteiger partial charge in [-0.25, -0.2) is 4.79 Å². The second-order valence-corrected chi connectivity index (χ2v) is 9.29. The summed E-state index contributed by atoms with van der Waals surface area (Å²) in [5.74, 6) is 1.31. The molecule has 28 heavy (non-hydrogen) atoms. The van der Waals surface area contributed by atoms with Crippen molar-refractivity contribution in [3.8, 4) is 0 Å². The maximum atomic E-state index is 13.5. The Bertz CT molecular complexity index is 681. The van der Waals surface area contributed by atoms with Crippen LogP contribution in [0, 0.1) is 25.7 Å². The second-order valence-electron chi connectivity index (χ2n) is 9.29. The minimum Gasteiger partial charge on any atom is -0.321 e. The van der Waals surface area contributed by atoms with E-state index >= 15 is 0 Å². The first-order chi connectivity index (χ1) is 13.6. The summed E-state index contributed by atoms with van der Waals surface area (Å²) in [6, 6.07) is 7.47.